The van der Waals surface area contributed by atoms with Crippen LogP contribution in [0.4, 0.5) is 0 Å². The summed E-state index contributed by atoms with van der Waals surface area (Å²) in [6.45, 7) is 0. The summed E-state index contributed by atoms with van der Waals surface area (Å²) in [6, 6.07) is 9.00. The van der Waals surface area contributed by atoms with Gasteiger partial charge in [-0.15, -0.1) is 11.6 Å². The highest BCUT2D eigenvalue weighted by atomic mass is 35.5. The number of ketones is 1. The molecule has 1 atom stereocenters. The van der Waals surface area contributed by atoms with Crippen molar-refractivity contribution in [1.82, 2.24) is 10.0 Å². The van der Waals surface area contributed by atoms with E-state index in [1.54, 1.807) is 0 Å². The molecular formula is C21H16Cl4N2O4. The standard InChI is InChI=1S/C21H16Cl4N2O4/c22-10-9-17(20(30)12-1-4-14(23)5-2-12)26(27-18(28)7-8-19(27)29)21(31)13-3-6-15(24)16(25)11-13/h1-6,11,17H,7-10H2/t17-/m0/s1. The lowest BCUT2D eigenvalue weighted by Gasteiger charge is -2.36. The van der Waals surface area contributed by atoms with Crippen molar-refractivity contribution in [2.24, 2.45) is 0 Å². The predicted molar refractivity (Wildman–Crippen MR) is 119 cm³/mol. The second-order valence-electron chi connectivity index (χ2n) is 6.74. The third-order valence-corrected chi connectivity index (χ3v) is 5.93. The van der Waals surface area contributed by atoms with Gasteiger partial charge in [-0.05, 0) is 48.9 Å². The first kappa shape index (κ1) is 23.5. The number of imide groups is 1. The zero-order valence-electron chi connectivity index (χ0n) is 16.0. The van der Waals surface area contributed by atoms with Gasteiger partial charge in [-0.2, -0.15) is 5.01 Å². The van der Waals surface area contributed by atoms with Crippen molar-refractivity contribution in [1.29, 1.82) is 0 Å². The van der Waals surface area contributed by atoms with E-state index in [1.165, 1.54) is 42.5 Å². The van der Waals surface area contributed by atoms with Gasteiger partial charge in [0.05, 0.1) is 10.0 Å². The van der Waals surface area contributed by atoms with E-state index < -0.39 is 29.5 Å². The van der Waals surface area contributed by atoms with Crippen molar-refractivity contribution in [2.75, 3.05) is 5.88 Å². The number of rotatable bonds is 7. The summed E-state index contributed by atoms with van der Waals surface area (Å²) in [5.74, 6) is -2.40. The Morgan fingerprint density at radius 1 is 0.903 bits per heavy atom. The van der Waals surface area contributed by atoms with E-state index in [9.17, 15) is 19.2 Å². The Balaban J connectivity index is 2.09. The molecular weight excluding hydrogens is 486 g/mol. The number of hydrazine groups is 1. The second kappa shape index (κ2) is 10.0. The average molecular weight is 502 g/mol. The highest BCUT2D eigenvalue weighted by Crippen LogP contribution is 2.27. The van der Waals surface area contributed by atoms with Crippen molar-refractivity contribution in [3.8, 4) is 0 Å². The minimum atomic E-state index is -1.20. The topological polar surface area (TPSA) is 74.8 Å². The largest absolute Gasteiger partial charge is 0.292 e. The van der Waals surface area contributed by atoms with Crippen LogP contribution in [0.2, 0.25) is 15.1 Å². The van der Waals surface area contributed by atoms with E-state index in [-0.39, 0.29) is 46.3 Å². The Morgan fingerprint density at radius 3 is 2.03 bits per heavy atom. The number of benzene rings is 2. The maximum absolute atomic E-state index is 13.5. The molecule has 3 rings (SSSR count). The van der Waals surface area contributed by atoms with Crippen LogP contribution < -0.4 is 0 Å². The molecule has 6 nitrogen and oxygen atoms in total. The summed E-state index contributed by atoms with van der Waals surface area (Å²) in [7, 11) is 0. The molecule has 2 aromatic rings. The summed E-state index contributed by atoms with van der Waals surface area (Å²) in [5.41, 5.74) is 0.316. The highest BCUT2D eigenvalue weighted by Gasteiger charge is 2.43. The molecule has 0 bridgehead atoms. The van der Waals surface area contributed by atoms with E-state index in [0.29, 0.717) is 5.02 Å². The maximum Gasteiger partial charge on any atom is 0.273 e. The molecule has 1 aliphatic rings. The SMILES string of the molecule is O=C(c1ccc(Cl)cc1)[C@H](CCCl)N(C(=O)c1ccc(Cl)c(Cl)c1)N1C(=O)CCC1=O. The van der Waals surface area contributed by atoms with Gasteiger partial charge >= 0.3 is 0 Å². The quantitative estimate of drug-likeness (QED) is 0.303. The Morgan fingerprint density at radius 2 is 1.48 bits per heavy atom. The lowest BCUT2D eigenvalue weighted by Crippen LogP contribution is -2.57. The lowest BCUT2D eigenvalue weighted by atomic mass is 10.0. The van der Waals surface area contributed by atoms with E-state index in [1.807, 2.05) is 0 Å². The van der Waals surface area contributed by atoms with Crippen LogP contribution >= 0.6 is 46.4 Å². The molecule has 0 unspecified atom stereocenters. The van der Waals surface area contributed by atoms with Crippen molar-refractivity contribution in [3.63, 3.8) is 0 Å². The normalized spacial score (nSPS) is 14.6. The number of hydrogen-bond donors (Lipinski definition) is 0. The molecule has 1 aliphatic heterocycles. The fourth-order valence-electron chi connectivity index (χ4n) is 3.21. The van der Waals surface area contributed by atoms with Crippen LogP contribution in [0.1, 0.15) is 40.0 Å². The van der Waals surface area contributed by atoms with E-state index >= 15 is 0 Å². The number of hydrogen-bond acceptors (Lipinski definition) is 4. The van der Waals surface area contributed by atoms with E-state index in [0.717, 1.165) is 10.0 Å². The minimum Gasteiger partial charge on any atom is -0.292 e. The van der Waals surface area contributed by atoms with Crippen LogP contribution in [0.25, 0.3) is 0 Å². The van der Waals surface area contributed by atoms with Crippen molar-refractivity contribution in [3.05, 3.63) is 68.7 Å². The fourth-order valence-corrected chi connectivity index (χ4v) is 3.84. The Hall–Kier alpha value is -2.12. The van der Waals surface area contributed by atoms with Crippen molar-refractivity contribution < 1.29 is 19.2 Å². The smallest absolute Gasteiger partial charge is 0.273 e. The molecule has 31 heavy (non-hydrogen) atoms. The molecule has 162 valence electrons. The Bertz CT molecular complexity index is 1030. The fraction of sp³-hybridized carbons (Fsp3) is 0.238. The van der Waals surface area contributed by atoms with Gasteiger partial charge in [0.15, 0.2) is 5.78 Å². The summed E-state index contributed by atoms with van der Waals surface area (Å²) >= 11 is 23.8. The van der Waals surface area contributed by atoms with Gasteiger partial charge in [-0.3, -0.25) is 19.2 Å². The second-order valence-corrected chi connectivity index (χ2v) is 8.37. The van der Waals surface area contributed by atoms with Crippen molar-refractivity contribution in [2.45, 2.75) is 25.3 Å². The predicted octanol–water partition coefficient (Wildman–Crippen LogP) is 5.03. The van der Waals surface area contributed by atoms with Crippen LogP contribution in [-0.2, 0) is 9.59 Å². The molecule has 0 aliphatic carbocycles. The molecule has 10 heteroatoms. The molecule has 1 heterocycles. The first-order chi connectivity index (χ1) is 14.7. The zero-order chi connectivity index (χ0) is 22.7. The van der Waals surface area contributed by atoms with Crippen molar-refractivity contribution >= 4 is 69.9 Å². The molecule has 1 saturated heterocycles. The third kappa shape index (κ3) is 5.04. The zero-order valence-corrected chi connectivity index (χ0v) is 19.0. The first-order valence-electron chi connectivity index (χ1n) is 9.24. The molecule has 0 N–H and O–H groups in total. The summed E-state index contributed by atoms with van der Waals surface area (Å²) in [4.78, 5) is 51.8. The average Bonchev–Trinajstić information content (AvgIpc) is 3.08. The van der Waals surface area contributed by atoms with Gasteiger partial charge in [-0.1, -0.05) is 34.8 Å². The number of alkyl halides is 1. The molecule has 0 aromatic heterocycles. The first-order valence-corrected chi connectivity index (χ1v) is 10.9. The summed E-state index contributed by atoms with van der Waals surface area (Å²) in [6.07, 6.45) is -0.118. The molecule has 1 fully saturated rings. The summed E-state index contributed by atoms with van der Waals surface area (Å²) < 4.78 is 0. The van der Waals surface area contributed by atoms with Gasteiger partial charge in [0.2, 0.25) is 11.8 Å². The third-order valence-electron chi connectivity index (χ3n) is 4.72. The number of halogens is 4. The highest BCUT2D eigenvalue weighted by molar-refractivity contribution is 6.42. The Kier molecular flexibility index (Phi) is 7.59. The number of Topliss-reactive ketones (excluding diaryl/α,β-unsaturated/α-hetero) is 1. The number of nitrogens with zero attached hydrogens (tertiary/aromatic N) is 2. The van der Waals surface area contributed by atoms with E-state index in [4.69, 9.17) is 46.4 Å². The van der Waals surface area contributed by atoms with Crippen LogP contribution in [0.15, 0.2) is 42.5 Å². The molecule has 2 aromatic carbocycles. The van der Waals surface area contributed by atoms with E-state index in [2.05, 4.69) is 0 Å². The Labute approximate surface area is 198 Å². The molecule has 0 saturated carbocycles. The maximum atomic E-state index is 13.5. The van der Waals surface area contributed by atoms with Gasteiger partial charge in [0.1, 0.15) is 6.04 Å². The van der Waals surface area contributed by atoms with Gasteiger partial charge in [0, 0.05) is 34.9 Å². The molecule has 3 amide bonds. The lowest BCUT2D eigenvalue weighted by molar-refractivity contribution is -0.154. The number of amides is 3. The number of carbonyl (C=O) groups is 4. The van der Waals surface area contributed by atoms with Crippen LogP contribution in [0, 0.1) is 0 Å². The van der Waals surface area contributed by atoms with Gasteiger partial charge in [0.25, 0.3) is 5.91 Å². The van der Waals surface area contributed by atoms with Gasteiger partial charge < -0.3 is 0 Å². The van der Waals surface area contributed by atoms with Crippen LogP contribution in [0.3, 0.4) is 0 Å². The molecule has 0 spiro atoms. The van der Waals surface area contributed by atoms with Gasteiger partial charge in [-0.25, -0.2) is 5.01 Å². The van der Waals surface area contributed by atoms with Crippen LogP contribution in [-0.4, -0.2) is 45.4 Å². The monoisotopic (exact) mass is 500 g/mol. The molecule has 0 radical (unpaired) electrons. The summed E-state index contributed by atoms with van der Waals surface area (Å²) in [5, 5.41) is 2.39. The minimum absolute atomic E-state index is 0.00533. The number of carbonyl (C=O) groups excluding carboxylic acids is 4. The van der Waals surface area contributed by atoms with Crippen LogP contribution in [0.5, 0.6) is 0 Å².